The fraction of sp³-hybridized carbons (Fsp3) is 0.455. The summed E-state index contributed by atoms with van der Waals surface area (Å²) in [5, 5.41) is 0. The number of rotatable bonds is 1. The van der Waals surface area contributed by atoms with E-state index in [1.54, 1.807) is 0 Å². The van der Waals surface area contributed by atoms with Crippen molar-refractivity contribution in [3.63, 3.8) is 0 Å². The van der Waals surface area contributed by atoms with Crippen molar-refractivity contribution in [3.05, 3.63) is 29.3 Å². The van der Waals surface area contributed by atoms with Gasteiger partial charge in [0.1, 0.15) is 5.75 Å². The molecule has 0 saturated carbocycles. The van der Waals surface area contributed by atoms with Crippen LogP contribution in [0.2, 0.25) is 0 Å². The van der Waals surface area contributed by atoms with Gasteiger partial charge in [0.15, 0.2) is 0 Å². The van der Waals surface area contributed by atoms with Gasteiger partial charge in [-0.05, 0) is 18.1 Å². The zero-order valence-corrected chi connectivity index (χ0v) is 9.14. The monoisotopic (exact) mass is 213 g/mol. The summed E-state index contributed by atoms with van der Waals surface area (Å²) in [5.74, 6) is 0.968. The SMILES string of the molecule is CCc1ccc2c(c1)[C@H](N)CCO2.Cl. The summed E-state index contributed by atoms with van der Waals surface area (Å²) >= 11 is 0. The van der Waals surface area contributed by atoms with Gasteiger partial charge in [0.2, 0.25) is 0 Å². The van der Waals surface area contributed by atoms with E-state index in [2.05, 4.69) is 19.1 Å². The minimum atomic E-state index is 0. The summed E-state index contributed by atoms with van der Waals surface area (Å²) in [6.45, 7) is 2.90. The van der Waals surface area contributed by atoms with Gasteiger partial charge >= 0.3 is 0 Å². The van der Waals surface area contributed by atoms with Crippen molar-refractivity contribution in [2.24, 2.45) is 5.73 Å². The van der Waals surface area contributed by atoms with Crippen LogP contribution < -0.4 is 10.5 Å². The Morgan fingerprint density at radius 2 is 2.29 bits per heavy atom. The van der Waals surface area contributed by atoms with Crippen LogP contribution in [0.15, 0.2) is 18.2 Å². The predicted octanol–water partition coefficient (Wildman–Crippen LogP) is 2.45. The third-order valence-electron chi connectivity index (χ3n) is 2.57. The van der Waals surface area contributed by atoms with Gasteiger partial charge in [-0.1, -0.05) is 19.1 Å². The molecule has 0 aromatic heterocycles. The van der Waals surface area contributed by atoms with Crippen molar-refractivity contribution in [1.82, 2.24) is 0 Å². The number of aryl methyl sites for hydroxylation is 1. The fourth-order valence-electron chi connectivity index (χ4n) is 1.69. The van der Waals surface area contributed by atoms with Gasteiger partial charge in [-0.25, -0.2) is 0 Å². The van der Waals surface area contributed by atoms with Crippen LogP contribution >= 0.6 is 12.4 Å². The highest BCUT2D eigenvalue weighted by Gasteiger charge is 2.17. The van der Waals surface area contributed by atoms with Gasteiger partial charge in [0.05, 0.1) is 6.61 Å². The third-order valence-corrected chi connectivity index (χ3v) is 2.57. The van der Waals surface area contributed by atoms with Gasteiger partial charge in [0, 0.05) is 18.0 Å². The molecule has 2 rings (SSSR count). The molecule has 2 nitrogen and oxygen atoms in total. The van der Waals surface area contributed by atoms with Crippen LogP contribution in [-0.2, 0) is 6.42 Å². The molecule has 78 valence electrons. The first-order valence-corrected chi connectivity index (χ1v) is 4.82. The molecule has 0 fully saturated rings. The summed E-state index contributed by atoms with van der Waals surface area (Å²) in [7, 11) is 0. The molecule has 0 aliphatic carbocycles. The Bertz CT molecular complexity index is 314. The molecule has 0 radical (unpaired) electrons. The Balaban J connectivity index is 0.000000980. The number of halogens is 1. The lowest BCUT2D eigenvalue weighted by Gasteiger charge is -2.23. The quantitative estimate of drug-likeness (QED) is 0.778. The first-order chi connectivity index (χ1) is 6.31. The number of hydrogen-bond donors (Lipinski definition) is 1. The standard InChI is InChI=1S/C11H15NO.ClH/c1-2-8-3-4-11-9(7-8)10(12)5-6-13-11;/h3-4,7,10H,2,5-6,12H2,1H3;1H/t10-;/m1./s1. The summed E-state index contributed by atoms with van der Waals surface area (Å²) in [6, 6.07) is 6.47. The number of hydrogen-bond acceptors (Lipinski definition) is 2. The highest BCUT2D eigenvalue weighted by Crippen LogP contribution is 2.31. The molecule has 1 aromatic rings. The van der Waals surface area contributed by atoms with Crippen LogP contribution in [-0.4, -0.2) is 6.61 Å². The summed E-state index contributed by atoms with van der Waals surface area (Å²) in [6.07, 6.45) is 1.99. The van der Waals surface area contributed by atoms with Crippen molar-refractivity contribution in [2.45, 2.75) is 25.8 Å². The van der Waals surface area contributed by atoms with Crippen molar-refractivity contribution >= 4 is 12.4 Å². The van der Waals surface area contributed by atoms with Gasteiger partial charge in [-0.2, -0.15) is 0 Å². The maximum absolute atomic E-state index is 5.99. The predicted molar refractivity (Wildman–Crippen MR) is 60.1 cm³/mol. The molecule has 2 N–H and O–H groups in total. The molecule has 1 aliphatic heterocycles. The Labute approximate surface area is 90.9 Å². The molecule has 0 bridgehead atoms. The van der Waals surface area contributed by atoms with Gasteiger partial charge in [-0.3, -0.25) is 0 Å². The Morgan fingerprint density at radius 3 is 3.00 bits per heavy atom. The lowest BCUT2D eigenvalue weighted by Crippen LogP contribution is -2.20. The van der Waals surface area contributed by atoms with E-state index in [0.29, 0.717) is 0 Å². The van der Waals surface area contributed by atoms with Crippen molar-refractivity contribution < 1.29 is 4.74 Å². The number of nitrogens with two attached hydrogens (primary N) is 1. The first kappa shape index (κ1) is 11.3. The van der Waals surface area contributed by atoms with Gasteiger partial charge in [0.25, 0.3) is 0 Å². The van der Waals surface area contributed by atoms with E-state index in [9.17, 15) is 0 Å². The maximum atomic E-state index is 5.99. The van der Waals surface area contributed by atoms with E-state index in [-0.39, 0.29) is 18.4 Å². The Kier molecular flexibility index (Phi) is 3.78. The zero-order valence-electron chi connectivity index (χ0n) is 8.32. The average Bonchev–Trinajstić information content (AvgIpc) is 2.18. The second-order valence-corrected chi connectivity index (χ2v) is 3.47. The molecule has 1 heterocycles. The highest BCUT2D eigenvalue weighted by atomic mass is 35.5. The smallest absolute Gasteiger partial charge is 0.124 e. The minimum absolute atomic E-state index is 0. The topological polar surface area (TPSA) is 35.2 Å². The number of benzene rings is 1. The summed E-state index contributed by atoms with van der Waals surface area (Å²) in [4.78, 5) is 0. The van der Waals surface area contributed by atoms with Gasteiger partial charge < -0.3 is 10.5 Å². The normalized spacial score (nSPS) is 19.1. The van der Waals surface area contributed by atoms with E-state index >= 15 is 0 Å². The molecule has 14 heavy (non-hydrogen) atoms. The van der Waals surface area contributed by atoms with Crippen LogP contribution in [0.5, 0.6) is 5.75 Å². The van der Waals surface area contributed by atoms with E-state index in [4.69, 9.17) is 10.5 Å². The van der Waals surface area contributed by atoms with E-state index in [1.165, 1.54) is 11.1 Å². The van der Waals surface area contributed by atoms with Crippen LogP contribution in [0.1, 0.15) is 30.5 Å². The zero-order chi connectivity index (χ0) is 9.26. The molecule has 1 aromatic carbocycles. The Morgan fingerprint density at radius 1 is 1.50 bits per heavy atom. The minimum Gasteiger partial charge on any atom is -0.493 e. The molecular formula is C11H16ClNO. The molecule has 3 heteroatoms. The second kappa shape index (κ2) is 4.67. The molecule has 0 saturated heterocycles. The number of ether oxygens (including phenoxy) is 1. The van der Waals surface area contributed by atoms with E-state index in [0.717, 1.165) is 25.2 Å². The van der Waals surface area contributed by atoms with E-state index < -0.39 is 0 Å². The highest BCUT2D eigenvalue weighted by molar-refractivity contribution is 5.85. The summed E-state index contributed by atoms with van der Waals surface area (Å²) in [5.41, 5.74) is 8.49. The van der Waals surface area contributed by atoms with Crippen LogP contribution in [0.3, 0.4) is 0 Å². The summed E-state index contributed by atoms with van der Waals surface area (Å²) < 4.78 is 5.51. The second-order valence-electron chi connectivity index (χ2n) is 3.47. The largest absolute Gasteiger partial charge is 0.493 e. The lowest BCUT2D eigenvalue weighted by molar-refractivity contribution is 0.269. The molecular weight excluding hydrogens is 198 g/mol. The van der Waals surface area contributed by atoms with Crippen molar-refractivity contribution in [1.29, 1.82) is 0 Å². The van der Waals surface area contributed by atoms with Gasteiger partial charge in [-0.15, -0.1) is 12.4 Å². The van der Waals surface area contributed by atoms with Crippen molar-refractivity contribution in [2.75, 3.05) is 6.61 Å². The average molecular weight is 214 g/mol. The van der Waals surface area contributed by atoms with Crippen LogP contribution in [0.4, 0.5) is 0 Å². The molecule has 0 amide bonds. The maximum Gasteiger partial charge on any atom is 0.124 e. The van der Waals surface area contributed by atoms with E-state index in [1.807, 2.05) is 6.07 Å². The van der Waals surface area contributed by atoms with Crippen molar-refractivity contribution in [3.8, 4) is 5.75 Å². The molecule has 0 spiro atoms. The molecule has 1 atom stereocenters. The molecule has 1 aliphatic rings. The third kappa shape index (κ3) is 2.02. The number of fused-ring (bicyclic) bond motifs is 1. The van der Waals surface area contributed by atoms with Crippen LogP contribution in [0, 0.1) is 0 Å². The fourth-order valence-corrected chi connectivity index (χ4v) is 1.69. The first-order valence-electron chi connectivity index (χ1n) is 4.82. The lowest BCUT2D eigenvalue weighted by atomic mass is 9.98. The Hall–Kier alpha value is -0.730. The molecule has 0 unspecified atom stereocenters. The van der Waals surface area contributed by atoms with Crippen LogP contribution in [0.25, 0.3) is 0 Å².